The molecule has 5 nitrogen and oxygen atoms in total. The summed E-state index contributed by atoms with van der Waals surface area (Å²) in [5.74, 6) is 0.652. The molecule has 0 saturated heterocycles. The Labute approximate surface area is 113 Å². The van der Waals surface area contributed by atoms with Crippen LogP contribution >= 0.6 is 0 Å². The van der Waals surface area contributed by atoms with Crippen LogP contribution in [-0.2, 0) is 16.0 Å². The van der Waals surface area contributed by atoms with Crippen molar-refractivity contribution in [3.05, 3.63) is 29.8 Å². The highest BCUT2D eigenvalue weighted by atomic mass is 16.5. The fourth-order valence-electron chi connectivity index (χ4n) is 1.68. The van der Waals surface area contributed by atoms with Crippen LogP contribution in [-0.4, -0.2) is 44.0 Å². The van der Waals surface area contributed by atoms with Gasteiger partial charge in [0.1, 0.15) is 5.75 Å². The minimum atomic E-state index is -0.361. The summed E-state index contributed by atoms with van der Waals surface area (Å²) in [7, 11) is 1.53. The number of carbonyl (C=O) groups excluding carboxylic acids is 1. The highest BCUT2D eigenvalue weighted by Crippen LogP contribution is 2.12. The van der Waals surface area contributed by atoms with E-state index >= 15 is 0 Å². The van der Waals surface area contributed by atoms with E-state index in [9.17, 15) is 4.79 Å². The van der Waals surface area contributed by atoms with Crippen molar-refractivity contribution >= 4 is 5.91 Å². The van der Waals surface area contributed by atoms with E-state index in [1.807, 2.05) is 31.2 Å². The van der Waals surface area contributed by atoms with Crippen LogP contribution in [0.2, 0.25) is 0 Å². The molecular weight excluding hydrogens is 246 g/mol. The number of rotatable bonds is 8. The van der Waals surface area contributed by atoms with Crippen molar-refractivity contribution in [2.45, 2.75) is 19.4 Å². The summed E-state index contributed by atoms with van der Waals surface area (Å²) >= 11 is 0. The molecule has 0 radical (unpaired) electrons. The lowest BCUT2D eigenvalue weighted by molar-refractivity contribution is -0.121. The molecule has 1 rings (SSSR count). The van der Waals surface area contributed by atoms with Gasteiger partial charge in [-0.3, -0.25) is 4.79 Å². The Bertz CT molecular complexity index is 378. The minimum absolute atomic E-state index is 0.136. The zero-order valence-electron chi connectivity index (χ0n) is 11.4. The van der Waals surface area contributed by atoms with Crippen LogP contribution in [0.15, 0.2) is 24.3 Å². The Morgan fingerprint density at radius 2 is 2.05 bits per heavy atom. The Morgan fingerprint density at radius 1 is 1.37 bits per heavy atom. The standard InChI is InChI=1S/C14H21NO4/c1-3-19-13-6-4-11(5-7-13)8-14(17)15-12(9-16)10-18-2/h4-7,12,16H,3,8-10H2,1-2H3,(H,15,17). The predicted molar refractivity (Wildman–Crippen MR) is 72.2 cm³/mol. The minimum Gasteiger partial charge on any atom is -0.494 e. The third-order valence-corrected chi connectivity index (χ3v) is 2.55. The van der Waals surface area contributed by atoms with E-state index in [4.69, 9.17) is 14.6 Å². The SMILES string of the molecule is CCOc1ccc(CC(=O)NC(CO)COC)cc1. The topological polar surface area (TPSA) is 67.8 Å². The molecule has 0 aromatic heterocycles. The van der Waals surface area contributed by atoms with E-state index in [-0.39, 0.29) is 25.0 Å². The Kier molecular flexibility index (Phi) is 6.92. The van der Waals surface area contributed by atoms with Crippen molar-refractivity contribution in [3.63, 3.8) is 0 Å². The highest BCUT2D eigenvalue weighted by Gasteiger charge is 2.11. The lowest BCUT2D eigenvalue weighted by Crippen LogP contribution is -2.41. The summed E-state index contributed by atoms with van der Waals surface area (Å²) in [6.07, 6.45) is 0.270. The number of benzene rings is 1. The lowest BCUT2D eigenvalue weighted by atomic mass is 10.1. The summed E-state index contributed by atoms with van der Waals surface area (Å²) in [6.45, 7) is 2.70. The Morgan fingerprint density at radius 3 is 2.58 bits per heavy atom. The molecule has 1 atom stereocenters. The monoisotopic (exact) mass is 267 g/mol. The van der Waals surface area contributed by atoms with Gasteiger partial charge in [-0.15, -0.1) is 0 Å². The molecule has 1 unspecified atom stereocenters. The molecule has 0 heterocycles. The van der Waals surface area contributed by atoms with Gasteiger partial charge in [0, 0.05) is 7.11 Å². The molecule has 106 valence electrons. The third kappa shape index (κ3) is 5.72. The summed E-state index contributed by atoms with van der Waals surface area (Å²) in [4.78, 5) is 11.8. The molecule has 0 fully saturated rings. The van der Waals surface area contributed by atoms with Crippen LogP contribution in [0.1, 0.15) is 12.5 Å². The fourth-order valence-corrected chi connectivity index (χ4v) is 1.68. The molecule has 0 saturated carbocycles. The van der Waals surface area contributed by atoms with Gasteiger partial charge in [0.05, 0.1) is 32.3 Å². The summed E-state index contributed by atoms with van der Waals surface area (Å²) < 4.78 is 10.2. The molecule has 1 amide bonds. The molecule has 0 aliphatic carbocycles. The van der Waals surface area contributed by atoms with Gasteiger partial charge in [0.2, 0.25) is 5.91 Å². The average molecular weight is 267 g/mol. The van der Waals surface area contributed by atoms with Crippen molar-refractivity contribution in [2.24, 2.45) is 0 Å². The second-order valence-electron chi connectivity index (χ2n) is 4.16. The van der Waals surface area contributed by atoms with Gasteiger partial charge in [0.25, 0.3) is 0 Å². The van der Waals surface area contributed by atoms with E-state index in [0.717, 1.165) is 11.3 Å². The molecule has 19 heavy (non-hydrogen) atoms. The van der Waals surface area contributed by atoms with Gasteiger partial charge in [-0.25, -0.2) is 0 Å². The van der Waals surface area contributed by atoms with E-state index in [0.29, 0.717) is 13.2 Å². The van der Waals surface area contributed by atoms with Crippen molar-refractivity contribution in [1.29, 1.82) is 0 Å². The zero-order chi connectivity index (χ0) is 14.1. The molecule has 1 aromatic carbocycles. The zero-order valence-corrected chi connectivity index (χ0v) is 11.4. The number of carbonyl (C=O) groups is 1. The third-order valence-electron chi connectivity index (χ3n) is 2.55. The Balaban J connectivity index is 2.47. The van der Waals surface area contributed by atoms with E-state index in [1.165, 1.54) is 7.11 Å². The first-order valence-corrected chi connectivity index (χ1v) is 6.30. The van der Waals surface area contributed by atoms with Gasteiger partial charge >= 0.3 is 0 Å². The maximum atomic E-state index is 11.8. The number of aliphatic hydroxyl groups excluding tert-OH is 1. The number of nitrogens with one attached hydrogen (secondary N) is 1. The first kappa shape index (κ1) is 15.5. The van der Waals surface area contributed by atoms with Crippen LogP contribution in [0.3, 0.4) is 0 Å². The maximum Gasteiger partial charge on any atom is 0.224 e. The van der Waals surface area contributed by atoms with E-state index < -0.39 is 0 Å². The molecule has 2 N–H and O–H groups in total. The van der Waals surface area contributed by atoms with Gasteiger partial charge in [-0.05, 0) is 24.6 Å². The summed E-state index contributed by atoms with van der Waals surface area (Å²) in [5, 5.41) is 11.8. The number of aliphatic hydroxyl groups is 1. The second kappa shape index (κ2) is 8.50. The normalized spacial score (nSPS) is 11.9. The molecule has 5 heteroatoms. The van der Waals surface area contributed by atoms with Gasteiger partial charge in [-0.2, -0.15) is 0 Å². The summed E-state index contributed by atoms with van der Waals surface area (Å²) in [5.41, 5.74) is 0.898. The smallest absolute Gasteiger partial charge is 0.224 e. The first-order chi connectivity index (χ1) is 9.19. The van der Waals surface area contributed by atoms with Crippen LogP contribution < -0.4 is 10.1 Å². The number of hydrogen-bond acceptors (Lipinski definition) is 4. The van der Waals surface area contributed by atoms with Crippen molar-refractivity contribution < 1.29 is 19.4 Å². The second-order valence-corrected chi connectivity index (χ2v) is 4.16. The molecule has 0 spiro atoms. The molecule has 0 aliphatic rings. The van der Waals surface area contributed by atoms with Crippen LogP contribution in [0.5, 0.6) is 5.75 Å². The number of ether oxygens (including phenoxy) is 2. The van der Waals surface area contributed by atoms with Crippen LogP contribution in [0.4, 0.5) is 0 Å². The first-order valence-electron chi connectivity index (χ1n) is 6.30. The average Bonchev–Trinajstić information content (AvgIpc) is 2.41. The van der Waals surface area contributed by atoms with E-state index in [1.54, 1.807) is 0 Å². The number of hydrogen-bond donors (Lipinski definition) is 2. The summed E-state index contributed by atoms with van der Waals surface area (Å²) in [6, 6.07) is 7.03. The number of methoxy groups -OCH3 is 1. The van der Waals surface area contributed by atoms with Crippen molar-refractivity contribution in [3.8, 4) is 5.75 Å². The predicted octanol–water partition coefficient (Wildman–Crippen LogP) is 0.751. The van der Waals surface area contributed by atoms with Gasteiger partial charge in [-0.1, -0.05) is 12.1 Å². The van der Waals surface area contributed by atoms with Crippen LogP contribution in [0, 0.1) is 0 Å². The maximum absolute atomic E-state index is 11.8. The molecule has 0 aliphatic heterocycles. The van der Waals surface area contributed by atoms with Crippen molar-refractivity contribution in [2.75, 3.05) is 26.9 Å². The van der Waals surface area contributed by atoms with E-state index in [2.05, 4.69) is 5.32 Å². The Hall–Kier alpha value is -1.59. The number of amides is 1. The molecule has 0 bridgehead atoms. The van der Waals surface area contributed by atoms with Crippen molar-refractivity contribution in [1.82, 2.24) is 5.32 Å². The molecule has 1 aromatic rings. The fraction of sp³-hybridized carbons (Fsp3) is 0.500. The van der Waals surface area contributed by atoms with Crippen LogP contribution in [0.25, 0.3) is 0 Å². The van der Waals surface area contributed by atoms with Gasteiger partial charge in [0.15, 0.2) is 0 Å². The largest absolute Gasteiger partial charge is 0.494 e. The highest BCUT2D eigenvalue weighted by molar-refractivity contribution is 5.78. The quantitative estimate of drug-likeness (QED) is 0.729. The molecular formula is C14H21NO4. The lowest BCUT2D eigenvalue weighted by Gasteiger charge is -2.15. The van der Waals surface area contributed by atoms with Gasteiger partial charge < -0.3 is 19.9 Å².